The molecule has 0 atom stereocenters. The van der Waals surface area contributed by atoms with Crippen molar-refractivity contribution in [3.05, 3.63) is 97.7 Å². The van der Waals surface area contributed by atoms with Crippen molar-refractivity contribution < 1.29 is 0 Å². The van der Waals surface area contributed by atoms with Crippen LogP contribution in [0.5, 0.6) is 0 Å². The third-order valence-corrected chi connectivity index (χ3v) is 6.00. The summed E-state index contributed by atoms with van der Waals surface area (Å²) in [7, 11) is 0. The van der Waals surface area contributed by atoms with Gasteiger partial charge < -0.3 is 4.57 Å². The summed E-state index contributed by atoms with van der Waals surface area (Å²) in [4.78, 5) is 4.79. The summed E-state index contributed by atoms with van der Waals surface area (Å²) in [5.41, 5.74) is 5.50. The van der Waals surface area contributed by atoms with E-state index in [2.05, 4.69) is 103 Å². The van der Waals surface area contributed by atoms with E-state index in [1.165, 1.54) is 43.4 Å². The van der Waals surface area contributed by atoms with E-state index < -0.39 is 0 Å². The van der Waals surface area contributed by atoms with Crippen LogP contribution < -0.4 is 0 Å². The molecule has 0 aliphatic heterocycles. The lowest BCUT2D eigenvalue weighted by molar-refractivity contribution is 1.21. The van der Waals surface area contributed by atoms with Gasteiger partial charge in [-0.15, -0.1) is 0 Å². The first-order valence-corrected chi connectivity index (χ1v) is 10.2. The van der Waals surface area contributed by atoms with Crippen molar-refractivity contribution in [2.75, 3.05) is 0 Å². The summed E-state index contributed by atoms with van der Waals surface area (Å²) in [6.07, 6.45) is 1.92. The van der Waals surface area contributed by atoms with Gasteiger partial charge in [-0.3, -0.25) is 4.98 Å². The van der Waals surface area contributed by atoms with E-state index in [0.29, 0.717) is 0 Å². The molecule has 2 nitrogen and oxygen atoms in total. The summed E-state index contributed by atoms with van der Waals surface area (Å²) in [6, 6.07) is 30.2. The van der Waals surface area contributed by atoms with Crippen LogP contribution in [0.15, 0.2) is 97.7 Å². The predicted molar refractivity (Wildman–Crippen MR) is 129 cm³/mol. The topological polar surface area (TPSA) is 17.8 Å². The second-order valence-corrected chi connectivity index (χ2v) is 7.86. The molecule has 0 saturated heterocycles. The van der Waals surface area contributed by atoms with Gasteiger partial charge in [0.1, 0.15) is 0 Å². The number of benzene rings is 4. The van der Waals surface area contributed by atoms with Crippen LogP contribution in [-0.2, 0) is 0 Å². The van der Waals surface area contributed by atoms with Gasteiger partial charge in [-0.25, -0.2) is 0 Å². The van der Waals surface area contributed by atoms with Gasteiger partial charge in [-0.05, 0) is 41.3 Å². The first-order valence-electron chi connectivity index (χ1n) is 10.2. The number of para-hydroxylation sites is 1. The predicted octanol–water partition coefficient (Wildman–Crippen LogP) is 7.65. The molecule has 0 spiro atoms. The Kier molecular flexibility index (Phi) is 3.57. The second-order valence-electron chi connectivity index (χ2n) is 7.86. The molecule has 0 radical (unpaired) electrons. The molecule has 0 N–H and O–H groups in total. The molecule has 2 heteroatoms. The maximum Gasteiger partial charge on any atom is 0.0781 e. The fraction of sp³-hybridized carbons (Fsp3) is 0.0357. The maximum absolute atomic E-state index is 4.79. The van der Waals surface area contributed by atoms with Crippen molar-refractivity contribution in [1.29, 1.82) is 0 Å². The smallest absolute Gasteiger partial charge is 0.0781 e. The first-order chi connectivity index (χ1) is 14.7. The van der Waals surface area contributed by atoms with Crippen LogP contribution in [0.2, 0.25) is 0 Å². The summed E-state index contributed by atoms with van der Waals surface area (Å²) in [5, 5.41) is 7.41. The van der Waals surface area contributed by atoms with E-state index in [-0.39, 0.29) is 0 Å². The molecular weight excluding hydrogens is 364 g/mol. The Morgan fingerprint density at radius 2 is 1.43 bits per heavy atom. The highest BCUT2D eigenvalue weighted by molar-refractivity contribution is 6.13. The van der Waals surface area contributed by atoms with E-state index in [9.17, 15) is 0 Å². The molecule has 4 aromatic carbocycles. The fourth-order valence-corrected chi connectivity index (χ4v) is 4.70. The Morgan fingerprint density at radius 3 is 2.30 bits per heavy atom. The average Bonchev–Trinajstić information content (AvgIpc) is 3.12. The van der Waals surface area contributed by atoms with Crippen molar-refractivity contribution >= 4 is 49.0 Å². The third kappa shape index (κ3) is 2.34. The van der Waals surface area contributed by atoms with Gasteiger partial charge in [0.15, 0.2) is 0 Å². The average molecular weight is 384 g/mol. The van der Waals surface area contributed by atoms with Gasteiger partial charge in [-0.1, -0.05) is 73.3 Å². The minimum Gasteiger partial charge on any atom is -0.314 e. The number of hydrogen-bond donors (Lipinski definition) is 0. The zero-order chi connectivity index (χ0) is 20.2. The first kappa shape index (κ1) is 17.0. The third-order valence-electron chi connectivity index (χ3n) is 6.00. The minimum absolute atomic E-state index is 1.01. The molecule has 0 aliphatic carbocycles. The van der Waals surface area contributed by atoms with Crippen LogP contribution in [0.3, 0.4) is 0 Å². The quantitative estimate of drug-likeness (QED) is 0.280. The van der Waals surface area contributed by atoms with E-state index in [1.807, 2.05) is 6.20 Å². The fourth-order valence-electron chi connectivity index (χ4n) is 4.70. The number of allylic oxidation sites excluding steroid dienone is 1. The SMILES string of the molecule is C=C(C)n1c2ccccc2c2ccc(-c3nccc4c3ccc3ccccc34)cc21. The molecule has 2 aromatic heterocycles. The Morgan fingerprint density at radius 1 is 0.700 bits per heavy atom. The molecule has 0 aliphatic rings. The Hall–Kier alpha value is -3.91. The number of aromatic nitrogens is 2. The van der Waals surface area contributed by atoms with Crippen molar-refractivity contribution in [3.8, 4) is 11.3 Å². The second kappa shape index (κ2) is 6.30. The van der Waals surface area contributed by atoms with Crippen molar-refractivity contribution in [2.24, 2.45) is 0 Å². The number of nitrogens with zero attached hydrogens (tertiary/aromatic N) is 2. The molecule has 6 aromatic rings. The Labute approximate surface area is 174 Å². The number of pyridine rings is 1. The van der Waals surface area contributed by atoms with Crippen molar-refractivity contribution in [2.45, 2.75) is 6.92 Å². The normalized spacial score (nSPS) is 11.6. The minimum atomic E-state index is 1.01. The van der Waals surface area contributed by atoms with Crippen LogP contribution in [-0.4, -0.2) is 9.55 Å². The van der Waals surface area contributed by atoms with Gasteiger partial charge in [-0.2, -0.15) is 0 Å². The lowest BCUT2D eigenvalue weighted by Crippen LogP contribution is -1.92. The molecule has 0 fully saturated rings. The Balaban J connectivity index is 1.68. The van der Waals surface area contributed by atoms with Crippen LogP contribution in [0.25, 0.3) is 60.3 Å². The van der Waals surface area contributed by atoms with Gasteiger partial charge in [0.25, 0.3) is 0 Å². The molecule has 0 unspecified atom stereocenters. The van der Waals surface area contributed by atoms with E-state index in [4.69, 9.17) is 4.98 Å². The highest BCUT2D eigenvalue weighted by Crippen LogP contribution is 2.36. The highest BCUT2D eigenvalue weighted by atomic mass is 15.0. The lowest BCUT2D eigenvalue weighted by Gasteiger charge is -2.10. The van der Waals surface area contributed by atoms with Crippen LogP contribution in [0.4, 0.5) is 0 Å². The number of rotatable bonds is 2. The molecule has 142 valence electrons. The summed E-state index contributed by atoms with van der Waals surface area (Å²) < 4.78 is 2.24. The molecule has 0 bridgehead atoms. The van der Waals surface area contributed by atoms with E-state index >= 15 is 0 Å². The molecule has 0 amide bonds. The van der Waals surface area contributed by atoms with E-state index in [1.54, 1.807) is 0 Å². The number of hydrogen-bond acceptors (Lipinski definition) is 1. The molecule has 6 rings (SSSR count). The van der Waals surface area contributed by atoms with Crippen molar-refractivity contribution in [1.82, 2.24) is 9.55 Å². The molecule has 0 saturated carbocycles. The van der Waals surface area contributed by atoms with Gasteiger partial charge in [0.2, 0.25) is 0 Å². The zero-order valence-electron chi connectivity index (χ0n) is 16.8. The van der Waals surface area contributed by atoms with Gasteiger partial charge >= 0.3 is 0 Å². The number of fused-ring (bicyclic) bond motifs is 6. The largest absolute Gasteiger partial charge is 0.314 e. The molecular formula is C28H20N2. The summed E-state index contributed by atoms with van der Waals surface area (Å²) in [6.45, 7) is 6.29. The Bertz CT molecular complexity index is 1620. The van der Waals surface area contributed by atoms with Crippen LogP contribution in [0, 0.1) is 0 Å². The van der Waals surface area contributed by atoms with Crippen molar-refractivity contribution in [3.63, 3.8) is 0 Å². The van der Waals surface area contributed by atoms with Crippen LogP contribution >= 0.6 is 0 Å². The maximum atomic E-state index is 4.79. The van der Waals surface area contributed by atoms with Gasteiger partial charge in [0, 0.05) is 33.6 Å². The monoisotopic (exact) mass is 384 g/mol. The zero-order valence-corrected chi connectivity index (χ0v) is 16.8. The van der Waals surface area contributed by atoms with Crippen LogP contribution in [0.1, 0.15) is 6.92 Å². The molecule has 2 heterocycles. The summed E-state index contributed by atoms with van der Waals surface area (Å²) in [5.74, 6) is 0. The summed E-state index contributed by atoms with van der Waals surface area (Å²) >= 11 is 0. The molecule has 30 heavy (non-hydrogen) atoms. The lowest BCUT2D eigenvalue weighted by atomic mass is 9.98. The highest BCUT2D eigenvalue weighted by Gasteiger charge is 2.14. The standard InChI is InChI=1S/C28H20N2/c1-18(2)30-26-10-6-5-9-23(26)24-13-12-20(17-27(24)30)28-25-14-11-19-7-3-4-8-21(19)22(25)15-16-29-28/h3-17H,1H2,2H3. The van der Waals surface area contributed by atoms with Gasteiger partial charge in [0.05, 0.1) is 16.7 Å². The van der Waals surface area contributed by atoms with E-state index in [0.717, 1.165) is 17.0 Å².